The van der Waals surface area contributed by atoms with Gasteiger partial charge in [0.2, 0.25) is 0 Å². The minimum absolute atomic E-state index is 0. The van der Waals surface area contributed by atoms with Crippen molar-refractivity contribution in [3.63, 3.8) is 0 Å². The number of rotatable bonds is 26. The molecule has 13 rings (SSSR count). The van der Waals surface area contributed by atoms with Crippen LogP contribution in [0.5, 0.6) is 28.7 Å². The van der Waals surface area contributed by atoms with E-state index in [9.17, 15) is 27.6 Å². The van der Waals surface area contributed by atoms with Gasteiger partial charge in [-0.05, 0) is 267 Å². The summed E-state index contributed by atoms with van der Waals surface area (Å²) in [7, 11) is 0.363. The Morgan fingerprint density at radius 1 is 0.470 bits per heavy atom. The number of carbonyl (C=O) groups excluding carboxylic acids is 2. The number of esters is 2. The van der Waals surface area contributed by atoms with E-state index in [2.05, 4.69) is 86.5 Å². The number of aryl methyl sites for hydroxylation is 3. The highest BCUT2D eigenvalue weighted by molar-refractivity contribution is 7.90. The third-order valence-electron chi connectivity index (χ3n) is 16.6. The van der Waals surface area contributed by atoms with E-state index < -0.39 is 39.8 Å². The summed E-state index contributed by atoms with van der Waals surface area (Å²) in [5.41, 5.74) is 10.9. The Labute approximate surface area is 679 Å². The number of fused-ring (bicyclic) bond motifs is 6. The predicted octanol–water partition coefficient (Wildman–Crippen LogP) is 20.9. The molecule has 0 aliphatic carbocycles. The number of nitrogens with zero attached hydrogens (tertiary/aromatic N) is 3. The van der Waals surface area contributed by atoms with Crippen molar-refractivity contribution in [3.8, 4) is 28.7 Å². The maximum absolute atomic E-state index is 13.1. The lowest BCUT2D eigenvalue weighted by Crippen LogP contribution is -2.30. The lowest BCUT2D eigenvalue weighted by Gasteiger charge is -2.14. The van der Waals surface area contributed by atoms with E-state index in [-0.39, 0.29) is 111 Å². The number of aliphatic carboxylic acids is 2. The highest BCUT2D eigenvalue weighted by atomic mass is 32.2. The molecule has 0 unspecified atom stereocenters. The number of aromatic amines is 5. The molecule has 7 aromatic carbocycles. The molecule has 624 valence electrons. The van der Waals surface area contributed by atoms with Gasteiger partial charge in [0.1, 0.15) is 28.7 Å². The van der Waals surface area contributed by atoms with Gasteiger partial charge in [-0.3, -0.25) is 24.3 Å². The topological polar surface area (TPSA) is 308 Å². The Balaban J connectivity index is 0.000000363. The van der Waals surface area contributed by atoms with Gasteiger partial charge in [0.25, 0.3) is 10.0 Å². The van der Waals surface area contributed by atoms with Crippen molar-refractivity contribution < 1.29 is 71.0 Å². The molecule has 0 amide bonds. The van der Waals surface area contributed by atoms with Crippen LogP contribution in [0.1, 0.15) is 161 Å². The lowest BCUT2D eigenvalue weighted by atomic mass is 9.99. The Hall–Kier alpha value is -11.5. The van der Waals surface area contributed by atoms with Gasteiger partial charge in [-0.1, -0.05) is 67.0 Å². The third kappa shape index (κ3) is 28.8. The van der Waals surface area contributed by atoms with Crippen LogP contribution < -0.4 is 23.7 Å². The minimum atomic E-state index is -3.79. The molecule has 0 saturated heterocycles. The number of ether oxygens (including phenoxy) is 7. The molecular formula is C91H124N8O15S. The summed E-state index contributed by atoms with van der Waals surface area (Å²) in [6.07, 6.45) is 12.7. The number of hydrogen-bond acceptors (Lipinski definition) is 15. The molecule has 0 radical (unpaired) electrons. The lowest BCUT2D eigenvalue weighted by molar-refractivity contribution is -0.161. The average molecular weight is 1600 g/mol. The average Bonchev–Trinajstić information content (AvgIpc) is 1.62. The number of benzene rings is 7. The molecule has 0 atom stereocenters. The first-order chi connectivity index (χ1) is 52.5. The first-order valence-corrected chi connectivity index (χ1v) is 38.4. The van der Waals surface area contributed by atoms with E-state index in [1.165, 1.54) is 49.6 Å². The fourth-order valence-electron chi connectivity index (χ4n) is 11.9. The van der Waals surface area contributed by atoms with Crippen molar-refractivity contribution in [1.82, 2.24) is 39.0 Å². The summed E-state index contributed by atoms with van der Waals surface area (Å²) in [4.78, 5) is 61.0. The molecule has 0 spiro atoms. The zero-order chi connectivity index (χ0) is 79.8. The van der Waals surface area contributed by atoms with Gasteiger partial charge in [0.15, 0.2) is 5.92 Å². The van der Waals surface area contributed by atoms with Crippen molar-refractivity contribution in [2.24, 2.45) is 5.92 Å². The van der Waals surface area contributed by atoms with Gasteiger partial charge < -0.3 is 68.2 Å². The number of nitrogens with one attached hydrogen (secondary N) is 5. The molecule has 23 nitrogen and oxygen atoms in total. The van der Waals surface area contributed by atoms with Crippen molar-refractivity contribution >= 4 is 99.3 Å². The van der Waals surface area contributed by atoms with Gasteiger partial charge in [-0.25, -0.2) is 12.4 Å². The summed E-state index contributed by atoms with van der Waals surface area (Å²) >= 11 is 0. The van der Waals surface area contributed by atoms with Crippen LogP contribution in [0, 0.1) is 12.8 Å². The molecule has 7 N–H and O–H groups in total. The normalized spacial score (nSPS) is 10.8. The first-order valence-electron chi connectivity index (χ1n) is 36.9. The van der Waals surface area contributed by atoms with Crippen molar-refractivity contribution in [3.05, 3.63) is 211 Å². The predicted molar refractivity (Wildman–Crippen MR) is 467 cm³/mol. The SMILES string of the molecule is C.C.C.C.C.CC(C)Oc1ccc2[nH]cc(CCC(=O)O)c2c1.CC(C)Oc1ccc2[nH]cc(CN(C)C)c2c1.CC(C)Oc1ccc2[nH]ccc2c1.CC(C)Oc1ccc2c(c1)c(CCC(=O)O)cn2S(=O)(=O)c1ccccc1.CCOC(=O)C(Cc1c[nH]c2ccc(OC(C)C)cc12)C(=O)OCC.Cc1ccc2[nH]ncc2c1. The molecule has 13 aromatic rings. The highest BCUT2D eigenvalue weighted by Crippen LogP contribution is 2.33. The summed E-state index contributed by atoms with van der Waals surface area (Å²) in [5.74, 6) is 0.220. The number of H-pyrrole nitrogens is 5. The monoisotopic (exact) mass is 1600 g/mol. The van der Waals surface area contributed by atoms with Gasteiger partial charge >= 0.3 is 23.9 Å². The second kappa shape index (κ2) is 46.6. The van der Waals surface area contributed by atoms with E-state index in [4.69, 9.17) is 43.4 Å². The Kier molecular flexibility index (Phi) is 39.6. The van der Waals surface area contributed by atoms with Crippen LogP contribution in [0.25, 0.3) is 65.4 Å². The Morgan fingerprint density at radius 2 is 0.887 bits per heavy atom. The molecule has 0 bridgehead atoms. The van der Waals surface area contributed by atoms with Crippen molar-refractivity contribution in [2.75, 3.05) is 27.3 Å². The van der Waals surface area contributed by atoms with Gasteiger partial charge in [-0.2, -0.15) is 5.10 Å². The number of carbonyl (C=O) groups is 4. The van der Waals surface area contributed by atoms with Crippen LogP contribution >= 0.6 is 0 Å². The zero-order valence-corrected chi connectivity index (χ0v) is 66.2. The Morgan fingerprint density at radius 3 is 1.36 bits per heavy atom. The van der Waals surface area contributed by atoms with E-state index in [0.29, 0.717) is 28.6 Å². The van der Waals surface area contributed by atoms with Crippen LogP contribution in [0.4, 0.5) is 0 Å². The third-order valence-corrected chi connectivity index (χ3v) is 18.3. The van der Waals surface area contributed by atoms with E-state index in [1.54, 1.807) is 56.4 Å². The smallest absolute Gasteiger partial charge is 0.320 e. The van der Waals surface area contributed by atoms with Crippen LogP contribution in [-0.4, -0.2) is 139 Å². The van der Waals surface area contributed by atoms with Crippen LogP contribution in [-0.2, 0) is 64.5 Å². The molecule has 0 aliphatic rings. The van der Waals surface area contributed by atoms with Crippen molar-refractivity contribution in [1.29, 1.82) is 0 Å². The quantitative estimate of drug-likeness (QED) is 0.0196. The molecule has 24 heteroatoms. The summed E-state index contributed by atoms with van der Waals surface area (Å²) in [6, 6.07) is 45.4. The fraction of sp³-hybridized carbons (Fsp3) is 0.374. The maximum atomic E-state index is 13.1. The molecule has 0 saturated carbocycles. The van der Waals surface area contributed by atoms with Gasteiger partial charge in [0, 0.05) is 105 Å². The number of carboxylic acid groups (broad SMARTS) is 2. The standard InChI is InChI=1S/C20H21NO5S.C19H25NO5.C14H20N2O.C14H17NO3.C11H13NO.C8H8N2.5CH4/c1-14(2)26-16-9-10-19-18(12-16)15(8-11-20(22)23)13-21(19)27(24,25)17-6-4-3-5-7-17;1-5-23-18(21)16(19(22)24-6-2)9-13-11-20-17-8-7-14(10-15(13)17)25-12(3)4;1-10(2)17-12-5-6-14-13(7-12)11(8-15-14)9-16(3)4;1-9(2)18-11-4-5-13-12(7-11)10(8-15-13)3-6-14(16)17;1-8(2)13-10-3-4-11-9(7-10)5-6-12-11;1-6-2-3-8-7(4-6)5-9-10-8;;;;;/h3-7,9-10,12-14H,8,11H2,1-2H3,(H,22,23);7-8,10-12,16,20H,5-6,9H2,1-4H3;5-8,10,15H,9H2,1-4H3;4-5,7-9,15H,3,6H2,1-2H3,(H,16,17);3-8,12H,1-2H3;2-5H,1H3,(H,9,10);5*1H4. The number of carboxylic acids is 2. The van der Waals surface area contributed by atoms with E-state index >= 15 is 0 Å². The van der Waals surface area contributed by atoms with Crippen molar-refractivity contribution in [2.45, 2.75) is 201 Å². The number of aromatic nitrogens is 7. The molecule has 6 heterocycles. The largest absolute Gasteiger partial charge is 0.491 e. The summed E-state index contributed by atoms with van der Waals surface area (Å²) in [5, 5.41) is 30.8. The van der Waals surface area contributed by atoms with Gasteiger partial charge in [0.05, 0.1) is 65.9 Å². The number of hydrogen-bond donors (Lipinski definition) is 7. The summed E-state index contributed by atoms with van der Waals surface area (Å²) < 4.78 is 65.8. The molecule has 0 fully saturated rings. The molecular weight excluding hydrogens is 1480 g/mol. The second-order valence-corrected chi connectivity index (χ2v) is 29.6. The molecule has 0 aliphatic heterocycles. The van der Waals surface area contributed by atoms with E-state index in [1.807, 2.05) is 161 Å². The molecule has 6 aromatic heterocycles. The summed E-state index contributed by atoms with van der Waals surface area (Å²) in [6.45, 7) is 26.7. The van der Waals surface area contributed by atoms with Gasteiger partial charge in [-0.15, -0.1) is 0 Å². The maximum Gasteiger partial charge on any atom is 0.320 e. The highest BCUT2D eigenvalue weighted by Gasteiger charge is 2.31. The second-order valence-electron chi connectivity index (χ2n) is 27.8. The van der Waals surface area contributed by atoms with Crippen LogP contribution in [0.3, 0.4) is 0 Å². The zero-order valence-electron chi connectivity index (χ0n) is 65.4. The Bertz CT molecular complexity index is 5240. The minimum Gasteiger partial charge on any atom is -0.491 e. The van der Waals surface area contributed by atoms with Crippen LogP contribution in [0.15, 0.2) is 188 Å². The van der Waals surface area contributed by atoms with E-state index in [0.717, 1.165) is 79.0 Å². The van der Waals surface area contributed by atoms with Crippen LogP contribution in [0.2, 0.25) is 0 Å². The molecule has 115 heavy (non-hydrogen) atoms. The first kappa shape index (κ1) is 97.7. The fourth-order valence-corrected chi connectivity index (χ4v) is 13.4.